The first-order chi connectivity index (χ1) is 11.7. The monoisotopic (exact) mass is 321 g/mol. The van der Waals surface area contributed by atoms with Gasteiger partial charge in [-0.05, 0) is 31.0 Å². The second-order valence-corrected chi connectivity index (χ2v) is 6.37. The molecule has 2 N–H and O–H groups in total. The highest BCUT2D eigenvalue weighted by Crippen LogP contribution is 2.39. The van der Waals surface area contributed by atoms with Gasteiger partial charge in [-0.25, -0.2) is 4.79 Å². The summed E-state index contributed by atoms with van der Waals surface area (Å²) in [6, 6.07) is 17.1. The Morgan fingerprint density at radius 1 is 0.958 bits per heavy atom. The minimum atomic E-state index is -0.383. The molecule has 5 heteroatoms. The summed E-state index contributed by atoms with van der Waals surface area (Å²) in [4.78, 5) is 26.5. The number of rotatable bonds is 1. The van der Waals surface area contributed by atoms with Crippen LogP contribution in [-0.2, 0) is 5.54 Å². The Morgan fingerprint density at radius 3 is 2.38 bits per heavy atom. The fourth-order valence-electron chi connectivity index (χ4n) is 3.70. The number of benzene rings is 2. The Labute approximate surface area is 140 Å². The van der Waals surface area contributed by atoms with E-state index in [0.29, 0.717) is 18.7 Å². The number of para-hydroxylation sites is 1. The number of hydrogen-bond donors (Lipinski definition) is 2. The van der Waals surface area contributed by atoms with E-state index in [1.165, 1.54) is 0 Å². The van der Waals surface area contributed by atoms with Gasteiger partial charge < -0.3 is 15.5 Å². The predicted molar refractivity (Wildman–Crippen MR) is 91.9 cm³/mol. The number of urea groups is 1. The Morgan fingerprint density at radius 2 is 1.62 bits per heavy atom. The zero-order valence-corrected chi connectivity index (χ0v) is 13.3. The van der Waals surface area contributed by atoms with Crippen molar-refractivity contribution >= 4 is 17.6 Å². The summed E-state index contributed by atoms with van der Waals surface area (Å²) in [6.45, 7) is 1.25. The van der Waals surface area contributed by atoms with E-state index >= 15 is 0 Å². The molecule has 5 nitrogen and oxygen atoms in total. The molecular weight excluding hydrogens is 302 g/mol. The van der Waals surface area contributed by atoms with Crippen LogP contribution in [0, 0.1) is 0 Å². The first-order valence-corrected chi connectivity index (χ1v) is 8.21. The van der Waals surface area contributed by atoms with Crippen molar-refractivity contribution < 1.29 is 9.59 Å². The second kappa shape index (κ2) is 5.67. The third-order valence-electron chi connectivity index (χ3n) is 4.97. The van der Waals surface area contributed by atoms with E-state index < -0.39 is 0 Å². The second-order valence-electron chi connectivity index (χ2n) is 6.37. The zero-order chi connectivity index (χ0) is 16.6. The van der Waals surface area contributed by atoms with Crippen molar-refractivity contribution in [2.75, 3.05) is 18.4 Å². The molecule has 0 atom stereocenters. The van der Waals surface area contributed by atoms with Crippen LogP contribution in [0.2, 0.25) is 0 Å². The summed E-state index contributed by atoms with van der Waals surface area (Å²) < 4.78 is 0. The van der Waals surface area contributed by atoms with E-state index in [2.05, 4.69) is 16.7 Å². The van der Waals surface area contributed by atoms with Crippen LogP contribution in [0.15, 0.2) is 54.6 Å². The van der Waals surface area contributed by atoms with Gasteiger partial charge in [-0.15, -0.1) is 0 Å². The molecule has 3 amide bonds. The number of nitrogens with zero attached hydrogens (tertiary/aromatic N) is 1. The number of fused-ring (bicyclic) bond motifs is 2. The smallest absolute Gasteiger partial charge is 0.319 e. The summed E-state index contributed by atoms with van der Waals surface area (Å²) in [5.74, 6) is 0.0546. The van der Waals surface area contributed by atoms with Crippen LogP contribution >= 0.6 is 0 Å². The van der Waals surface area contributed by atoms with Crippen molar-refractivity contribution in [2.24, 2.45) is 0 Å². The number of carbonyl (C=O) groups excluding carboxylic acids is 2. The first kappa shape index (κ1) is 14.8. The lowest BCUT2D eigenvalue weighted by molar-refractivity contribution is 0.0647. The normalized spacial score (nSPS) is 18.5. The number of amides is 3. The lowest BCUT2D eigenvalue weighted by Crippen LogP contribution is -2.57. The molecule has 2 aliphatic heterocycles. The molecule has 1 spiro atoms. The van der Waals surface area contributed by atoms with Crippen LogP contribution in [0.3, 0.4) is 0 Å². The summed E-state index contributed by atoms with van der Waals surface area (Å²) >= 11 is 0. The number of nitrogens with one attached hydrogen (secondary N) is 2. The highest BCUT2D eigenvalue weighted by molar-refractivity contribution is 5.95. The molecule has 0 bridgehead atoms. The molecule has 2 heterocycles. The molecule has 0 radical (unpaired) electrons. The maximum absolute atomic E-state index is 12.6. The summed E-state index contributed by atoms with van der Waals surface area (Å²) in [7, 11) is 0. The third kappa shape index (κ3) is 2.42. The zero-order valence-electron chi connectivity index (χ0n) is 13.3. The summed E-state index contributed by atoms with van der Waals surface area (Å²) in [5.41, 5.74) is 2.30. The quantitative estimate of drug-likeness (QED) is 0.848. The highest BCUT2D eigenvalue weighted by atomic mass is 16.2. The van der Waals surface area contributed by atoms with Crippen molar-refractivity contribution in [3.05, 3.63) is 65.7 Å². The van der Waals surface area contributed by atoms with Crippen molar-refractivity contribution in [1.29, 1.82) is 0 Å². The van der Waals surface area contributed by atoms with Gasteiger partial charge >= 0.3 is 6.03 Å². The minimum Gasteiger partial charge on any atom is -0.338 e. The minimum absolute atomic E-state index is 0.0546. The van der Waals surface area contributed by atoms with Crippen LogP contribution < -0.4 is 10.6 Å². The topological polar surface area (TPSA) is 61.4 Å². The molecule has 1 fully saturated rings. The van der Waals surface area contributed by atoms with Crippen LogP contribution in [0.5, 0.6) is 0 Å². The number of likely N-dealkylation sites (tertiary alicyclic amines) is 1. The summed E-state index contributed by atoms with van der Waals surface area (Å²) in [5, 5.41) is 5.96. The van der Waals surface area contributed by atoms with Crippen molar-refractivity contribution in [2.45, 2.75) is 18.4 Å². The third-order valence-corrected chi connectivity index (χ3v) is 4.97. The average molecular weight is 321 g/mol. The van der Waals surface area contributed by atoms with Gasteiger partial charge in [0.25, 0.3) is 5.91 Å². The summed E-state index contributed by atoms with van der Waals surface area (Å²) in [6.07, 6.45) is 1.44. The van der Waals surface area contributed by atoms with Gasteiger partial charge in [-0.2, -0.15) is 0 Å². The molecule has 24 heavy (non-hydrogen) atoms. The Bertz CT molecular complexity index is 780. The van der Waals surface area contributed by atoms with E-state index in [1.54, 1.807) is 0 Å². The largest absolute Gasteiger partial charge is 0.338 e. The van der Waals surface area contributed by atoms with Gasteiger partial charge in [0.2, 0.25) is 0 Å². The maximum atomic E-state index is 12.6. The molecule has 0 aromatic heterocycles. The molecule has 4 rings (SSSR count). The Balaban J connectivity index is 1.56. The van der Waals surface area contributed by atoms with E-state index in [9.17, 15) is 9.59 Å². The van der Waals surface area contributed by atoms with E-state index in [0.717, 1.165) is 24.1 Å². The van der Waals surface area contributed by atoms with E-state index in [1.807, 2.05) is 53.4 Å². The van der Waals surface area contributed by atoms with Gasteiger partial charge in [0, 0.05) is 29.9 Å². The molecule has 1 saturated heterocycles. The molecule has 2 aromatic carbocycles. The van der Waals surface area contributed by atoms with Crippen LogP contribution in [0.4, 0.5) is 10.5 Å². The van der Waals surface area contributed by atoms with Crippen LogP contribution in [0.1, 0.15) is 28.8 Å². The van der Waals surface area contributed by atoms with E-state index in [-0.39, 0.29) is 17.5 Å². The van der Waals surface area contributed by atoms with Gasteiger partial charge in [0.1, 0.15) is 0 Å². The fraction of sp³-hybridized carbons (Fsp3) is 0.263. The van der Waals surface area contributed by atoms with Gasteiger partial charge in [-0.1, -0.05) is 36.4 Å². The van der Waals surface area contributed by atoms with Crippen molar-refractivity contribution in [1.82, 2.24) is 10.2 Å². The predicted octanol–water partition coefficient (Wildman–Crippen LogP) is 2.95. The molecule has 122 valence electrons. The van der Waals surface area contributed by atoms with Gasteiger partial charge in [-0.3, -0.25) is 4.79 Å². The lowest BCUT2D eigenvalue weighted by atomic mass is 9.79. The Kier molecular flexibility index (Phi) is 3.49. The van der Waals surface area contributed by atoms with Crippen molar-refractivity contribution in [3.8, 4) is 0 Å². The molecule has 2 aliphatic rings. The standard InChI is InChI=1S/C19H19N3O2/c23-17(14-6-2-1-3-7-14)22-12-10-19(11-13-22)15-8-4-5-9-16(15)20-18(24)21-19/h1-9H,10-13H2,(H2,20,21,24). The average Bonchev–Trinajstić information content (AvgIpc) is 2.62. The van der Waals surface area contributed by atoms with Gasteiger partial charge in [0.15, 0.2) is 0 Å². The Hall–Kier alpha value is -2.82. The van der Waals surface area contributed by atoms with Crippen LogP contribution in [0.25, 0.3) is 0 Å². The molecule has 0 unspecified atom stereocenters. The highest BCUT2D eigenvalue weighted by Gasteiger charge is 2.42. The van der Waals surface area contributed by atoms with Crippen molar-refractivity contribution in [3.63, 3.8) is 0 Å². The number of anilines is 1. The van der Waals surface area contributed by atoms with E-state index in [4.69, 9.17) is 0 Å². The lowest BCUT2D eigenvalue weighted by Gasteiger charge is -2.45. The number of hydrogen-bond acceptors (Lipinski definition) is 2. The maximum Gasteiger partial charge on any atom is 0.319 e. The SMILES string of the molecule is O=C1Nc2ccccc2C2(CCN(C(=O)c3ccccc3)CC2)N1. The number of carbonyl (C=O) groups is 2. The van der Waals surface area contributed by atoms with Gasteiger partial charge in [0.05, 0.1) is 5.54 Å². The molecule has 0 saturated carbocycles. The molecule has 2 aromatic rings. The molecule has 0 aliphatic carbocycles. The fourth-order valence-corrected chi connectivity index (χ4v) is 3.70. The first-order valence-electron chi connectivity index (χ1n) is 8.21. The van der Waals surface area contributed by atoms with Crippen LogP contribution in [-0.4, -0.2) is 29.9 Å². The number of piperidine rings is 1. The molecular formula is C19H19N3O2.